The summed E-state index contributed by atoms with van der Waals surface area (Å²) in [6, 6.07) is 17.6. The first-order chi connectivity index (χ1) is 18.0. The van der Waals surface area contributed by atoms with Crippen molar-refractivity contribution in [3.63, 3.8) is 0 Å². The smallest absolute Gasteiger partial charge is 0.440 e. The van der Waals surface area contributed by atoms with Gasteiger partial charge in [-0.1, -0.05) is 36.4 Å². The van der Waals surface area contributed by atoms with Crippen LogP contribution in [0.3, 0.4) is 0 Å². The molecule has 4 aromatic rings. The molecule has 0 saturated carbocycles. The maximum Gasteiger partial charge on any atom is 0.440 e. The first kappa shape index (κ1) is 27.0. The van der Waals surface area contributed by atoms with Crippen molar-refractivity contribution in [3.8, 4) is 22.6 Å². The minimum atomic E-state index is -0.774. The van der Waals surface area contributed by atoms with Crippen LogP contribution < -0.4 is 20.9 Å². The molecule has 0 aliphatic heterocycles. The molecule has 38 heavy (non-hydrogen) atoms. The highest BCUT2D eigenvalue weighted by Crippen LogP contribution is 2.34. The van der Waals surface area contributed by atoms with Crippen molar-refractivity contribution in [2.45, 2.75) is 59.8 Å². The average molecular weight is 519 g/mol. The van der Waals surface area contributed by atoms with Crippen LogP contribution in [-0.2, 0) is 13.2 Å². The Morgan fingerprint density at radius 2 is 1.61 bits per heavy atom. The number of rotatable bonds is 10. The van der Waals surface area contributed by atoms with Gasteiger partial charge in [-0.05, 0) is 91.8 Å². The van der Waals surface area contributed by atoms with Crippen molar-refractivity contribution >= 4 is 0 Å². The molecule has 0 amide bonds. The lowest BCUT2D eigenvalue weighted by atomic mass is 9.91. The number of nitrogens with one attached hydrogen (secondary N) is 1. The Kier molecular flexibility index (Phi) is 7.92. The zero-order valence-electron chi connectivity index (χ0n) is 22.5. The van der Waals surface area contributed by atoms with E-state index in [0.29, 0.717) is 25.4 Å². The van der Waals surface area contributed by atoms with Gasteiger partial charge in [0.2, 0.25) is 0 Å². The van der Waals surface area contributed by atoms with E-state index in [1.807, 2.05) is 36.4 Å². The third-order valence-electron chi connectivity index (χ3n) is 6.72. The molecule has 0 aliphatic rings. The zero-order chi connectivity index (χ0) is 27.4. The van der Waals surface area contributed by atoms with Crippen LogP contribution in [0.25, 0.3) is 11.1 Å². The summed E-state index contributed by atoms with van der Waals surface area (Å²) in [5.41, 5.74) is 6.21. The van der Waals surface area contributed by atoms with Crippen LogP contribution in [-0.4, -0.2) is 27.0 Å². The van der Waals surface area contributed by atoms with Gasteiger partial charge < -0.3 is 19.1 Å². The van der Waals surface area contributed by atoms with E-state index in [1.54, 1.807) is 13.8 Å². The minimum absolute atomic E-state index is 0.154. The van der Waals surface area contributed by atoms with Crippen molar-refractivity contribution in [2.75, 3.05) is 6.61 Å². The fraction of sp³-hybridized carbons (Fsp3) is 0.333. The van der Waals surface area contributed by atoms with Crippen LogP contribution in [0.1, 0.15) is 48.1 Å². The van der Waals surface area contributed by atoms with Crippen LogP contribution in [0.2, 0.25) is 0 Å². The summed E-state index contributed by atoms with van der Waals surface area (Å²) in [5, 5.41) is 9.95. The molecule has 0 atom stereocenters. The van der Waals surface area contributed by atoms with Gasteiger partial charge in [0.05, 0.1) is 18.8 Å². The van der Waals surface area contributed by atoms with Gasteiger partial charge in [0, 0.05) is 6.42 Å². The number of nitrogens with zero attached hydrogens (tertiary/aromatic N) is 1. The van der Waals surface area contributed by atoms with Crippen LogP contribution >= 0.6 is 0 Å². The number of ether oxygens (including phenoxy) is 2. The molecule has 0 spiro atoms. The maximum atomic E-state index is 11.6. The topological polar surface area (TPSA) is 107 Å². The molecule has 0 radical (unpaired) electrons. The fourth-order valence-corrected chi connectivity index (χ4v) is 4.22. The summed E-state index contributed by atoms with van der Waals surface area (Å²) in [4.78, 5) is 24.9. The number of hydrogen-bond acceptors (Lipinski definition) is 6. The molecular formula is C30H34N2O6. The maximum absolute atomic E-state index is 11.6. The molecule has 3 aromatic carbocycles. The quantitative estimate of drug-likeness (QED) is 0.310. The average Bonchev–Trinajstić information content (AvgIpc) is 3.18. The number of benzene rings is 3. The SMILES string of the molecule is Cc1c(COc2ccc(Cn3oc(=O)[nH]c3=O)cc2)cccc1-c1ccc(OCCC(C)(C)O)c(C)c1C. The molecule has 1 aromatic heterocycles. The Bertz CT molecular complexity index is 1520. The summed E-state index contributed by atoms with van der Waals surface area (Å²) in [6.45, 7) is 10.8. The van der Waals surface area contributed by atoms with Crippen molar-refractivity contribution in [1.82, 2.24) is 9.72 Å². The van der Waals surface area contributed by atoms with Gasteiger partial charge in [0.1, 0.15) is 18.1 Å². The molecule has 200 valence electrons. The zero-order valence-corrected chi connectivity index (χ0v) is 22.5. The van der Waals surface area contributed by atoms with Gasteiger partial charge in [-0.3, -0.25) is 0 Å². The van der Waals surface area contributed by atoms with Gasteiger partial charge in [-0.25, -0.2) is 14.6 Å². The lowest BCUT2D eigenvalue weighted by molar-refractivity contribution is 0.0552. The van der Waals surface area contributed by atoms with Crippen LogP contribution in [0.15, 0.2) is 68.7 Å². The van der Waals surface area contributed by atoms with E-state index in [4.69, 9.17) is 14.0 Å². The Morgan fingerprint density at radius 3 is 2.26 bits per heavy atom. The van der Waals surface area contributed by atoms with E-state index in [2.05, 4.69) is 44.0 Å². The van der Waals surface area contributed by atoms with Crippen molar-refractivity contribution < 1.29 is 19.1 Å². The number of H-pyrrole nitrogens is 1. The molecule has 4 rings (SSSR count). The molecule has 0 fully saturated rings. The predicted octanol–water partition coefficient (Wildman–Crippen LogP) is 4.89. The molecule has 8 heteroatoms. The van der Waals surface area contributed by atoms with Gasteiger partial charge in [0.15, 0.2) is 0 Å². The van der Waals surface area contributed by atoms with E-state index in [1.165, 1.54) is 0 Å². The van der Waals surface area contributed by atoms with E-state index < -0.39 is 17.0 Å². The molecular weight excluding hydrogens is 484 g/mol. The largest absolute Gasteiger partial charge is 0.493 e. The first-order valence-corrected chi connectivity index (χ1v) is 12.6. The Balaban J connectivity index is 1.45. The monoisotopic (exact) mass is 518 g/mol. The van der Waals surface area contributed by atoms with E-state index in [9.17, 15) is 14.7 Å². The fourth-order valence-electron chi connectivity index (χ4n) is 4.22. The summed E-state index contributed by atoms with van der Waals surface area (Å²) >= 11 is 0. The first-order valence-electron chi connectivity index (χ1n) is 12.6. The van der Waals surface area contributed by atoms with Gasteiger partial charge in [-0.15, -0.1) is 4.74 Å². The summed E-state index contributed by atoms with van der Waals surface area (Å²) in [6.07, 6.45) is 0.558. The van der Waals surface area contributed by atoms with Crippen molar-refractivity contribution in [3.05, 3.63) is 103 Å². The van der Waals surface area contributed by atoms with E-state index >= 15 is 0 Å². The van der Waals surface area contributed by atoms with Crippen LogP contribution in [0.4, 0.5) is 0 Å². The number of aromatic nitrogens is 2. The lowest BCUT2D eigenvalue weighted by Gasteiger charge is -2.20. The lowest BCUT2D eigenvalue weighted by Crippen LogP contribution is -2.22. The summed E-state index contributed by atoms with van der Waals surface area (Å²) in [5.74, 6) is 0.755. The van der Waals surface area contributed by atoms with Gasteiger partial charge in [-0.2, -0.15) is 0 Å². The second kappa shape index (κ2) is 11.1. The molecule has 0 aliphatic carbocycles. The third-order valence-corrected chi connectivity index (χ3v) is 6.72. The number of aromatic amines is 1. The highest BCUT2D eigenvalue weighted by atomic mass is 16.5. The normalized spacial score (nSPS) is 11.5. The molecule has 0 unspecified atom stereocenters. The summed E-state index contributed by atoms with van der Waals surface area (Å²) in [7, 11) is 0. The highest BCUT2D eigenvalue weighted by Gasteiger charge is 2.15. The molecule has 0 saturated heterocycles. The second-order valence-corrected chi connectivity index (χ2v) is 10.1. The molecule has 8 nitrogen and oxygen atoms in total. The Labute approximate surface area is 221 Å². The van der Waals surface area contributed by atoms with E-state index in [-0.39, 0.29) is 6.54 Å². The third kappa shape index (κ3) is 6.44. The molecule has 0 bridgehead atoms. The second-order valence-electron chi connectivity index (χ2n) is 10.1. The van der Waals surface area contributed by atoms with Crippen LogP contribution in [0, 0.1) is 20.8 Å². The van der Waals surface area contributed by atoms with Crippen molar-refractivity contribution in [2.24, 2.45) is 0 Å². The van der Waals surface area contributed by atoms with Crippen LogP contribution in [0.5, 0.6) is 11.5 Å². The van der Waals surface area contributed by atoms with Gasteiger partial charge in [0.25, 0.3) is 0 Å². The minimum Gasteiger partial charge on any atom is -0.493 e. The summed E-state index contributed by atoms with van der Waals surface area (Å²) < 4.78 is 17.8. The standard InChI is InChI=1S/C30H34N2O6/c1-19-20(2)27(36-16-15-30(4,5)35)14-13-26(19)25-8-6-7-23(21(25)3)18-37-24-11-9-22(10-12-24)17-32-28(33)31-29(34)38-32/h6-14,35H,15-18H2,1-5H3,(H,31,33,34). The predicted molar refractivity (Wildman–Crippen MR) is 146 cm³/mol. The number of aliphatic hydroxyl groups is 1. The Hall–Kier alpha value is -4.04. The Morgan fingerprint density at radius 1 is 0.895 bits per heavy atom. The molecule has 1 heterocycles. The van der Waals surface area contributed by atoms with Crippen molar-refractivity contribution in [1.29, 1.82) is 0 Å². The van der Waals surface area contributed by atoms with E-state index in [0.717, 1.165) is 49.4 Å². The molecule has 2 N–H and O–H groups in total. The van der Waals surface area contributed by atoms with Gasteiger partial charge >= 0.3 is 11.4 Å². The highest BCUT2D eigenvalue weighted by molar-refractivity contribution is 5.73. The number of hydrogen-bond donors (Lipinski definition) is 2.